The standard InChI is InChI=1S/C21H25N5O2S/c1-3-4-19-24-25-21(29-19)23-20(27)14-8-11-26(12-9-14)18-7-10-22-17-6-5-15(28-2)13-16(17)18/h5-7,10,13-14H,3-4,8-9,11-12H2,1-2H3,(H,23,25,27). The molecule has 1 N–H and O–H groups in total. The molecule has 1 fully saturated rings. The molecule has 1 saturated heterocycles. The highest BCUT2D eigenvalue weighted by Gasteiger charge is 2.26. The van der Waals surface area contributed by atoms with E-state index in [9.17, 15) is 4.79 Å². The van der Waals surface area contributed by atoms with Crippen molar-refractivity contribution in [2.45, 2.75) is 32.6 Å². The number of aromatic nitrogens is 3. The van der Waals surface area contributed by atoms with Crippen molar-refractivity contribution in [3.63, 3.8) is 0 Å². The van der Waals surface area contributed by atoms with E-state index in [-0.39, 0.29) is 11.8 Å². The van der Waals surface area contributed by atoms with Crippen molar-refractivity contribution in [3.05, 3.63) is 35.5 Å². The summed E-state index contributed by atoms with van der Waals surface area (Å²) in [6.45, 7) is 3.76. The normalized spacial score (nSPS) is 14.9. The van der Waals surface area contributed by atoms with E-state index in [1.165, 1.54) is 11.3 Å². The maximum atomic E-state index is 12.7. The number of aryl methyl sites for hydroxylation is 1. The zero-order valence-corrected chi connectivity index (χ0v) is 17.5. The maximum Gasteiger partial charge on any atom is 0.229 e. The molecular formula is C21H25N5O2S. The van der Waals surface area contributed by atoms with Gasteiger partial charge in [0.25, 0.3) is 0 Å². The van der Waals surface area contributed by atoms with E-state index in [4.69, 9.17) is 4.74 Å². The van der Waals surface area contributed by atoms with Gasteiger partial charge in [0.1, 0.15) is 10.8 Å². The van der Waals surface area contributed by atoms with Crippen LogP contribution in [0, 0.1) is 5.92 Å². The van der Waals surface area contributed by atoms with Crippen LogP contribution in [0.3, 0.4) is 0 Å². The van der Waals surface area contributed by atoms with Gasteiger partial charge in [0.2, 0.25) is 11.0 Å². The van der Waals surface area contributed by atoms with E-state index >= 15 is 0 Å². The zero-order chi connectivity index (χ0) is 20.2. The Labute approximate surface area is 174 Å². The van der Waals surface area contributed by atoms with E-state index in [0.717, 1.165) is 66.1 Å². The second-order valence-corrected chi connectivity index (χ2v) is 8.28. The summed E-state index contributed by atoms with van der Waals surface area (Å²) in [5.41, 5.74) is 2.09. The van der Waals surface area contributed by atoms with Crippen molar-refractivity contribution in [1.29, 1.82) is 0 Å². The van der Waals surface area contributed by atoms with Gasteiger partial charge in [-0.15, -0.1) is 10.2 Å². The van der Waals surface area contributed by atoms with Crippen LogP contribution >= 0.6 is 11.3 Å². The van der Waals surface area contributed by atoms with Crippen LogP contribution in [0.1, 0.15) is 31.2 Å². The molecule has 1 aliphatic rings. The second-order valence-electron chi connectivity index (χ2n) is 7.21. The number of hydrogen-bond acceptors (Lipinski definition) is 7. The van der Waals surface area contributed by atoms with Crippen LogP contribution in [0.4, 0.5) is 10.8 Å². The maximum absolute atomic E-state index is 12.7. The lowest BCUT2D eigenvalue weighted by atomic mass is 9.95. The predicted molar refractivity (Wildman–Crippen MR) is 116 cm³/mol. The molecular weight excluding hydrogens is 386 g/mol. The van der Waals surface area contributed by atoms with Crippen LogP contribution < -0.4 is 15.0 Å². The Morgan fingerprint density at radius 2 is 2.10 bits per heavy atom. The average Bonchev–Trinajstić information content (AvgIpc) is 3.20. The van der Waals surface area contributed by atoms with Gasteiger partial charge in [-0.05, 0) is 43.5 Å². The molecule has 0 spiro atoms. The van der Waals surface area contributed by atoms with Crippen LogP contribution in [-0.2, 0) is 11.2 Å². The minimum atomic E-state index is -0.00703. The number of carbonyl (C=O) groups excluding carboxylic acids is 1. The van der Waals surface area contributed by atoms with E-state index in [2.05, 4.69) is 32.3 Å². The van der Waals surface area contributed by atoms with Crippen LogP contribution in [0.2, 0.25) is 0 Å². The average molecular weight is 412 g/mol. The summed E-state index contributed by atoms with van der Waals surface area (Å²) < 4.78 is 5.38. The van der Waals surface area contributed by atoms with Gasteiger partial charge in [-0.1, -0.05) is 18.3 Å². The molecule has 152 valence electrons. The van der Waals surface area contributed by atoms with Gasteiger partial charge in [0.15, 0.2) is 0 Å². The van der Waals surface area contributed by atoms with E-state index in [1.807, 2.05) is 30.5 Å². The van der Waals surface area contributed by atoms with E-state index in [1.54, 1.807) is 7.11 Å². The van der Waals surface area contributed by atoms with Crippen molar-refractivity contribution in [2.75, 3.05) is 30.4 Å². The molecule has 0 radical (unpaired) electrons. The molecule has 29 heavy (non-hydrogen) atoms. The fourth-order valence-corrected chi connectivity index (χ4v) is 4.57. The van der Waals surface area contributed by atoms with E-state index in [0.29, 0.717) is 5.13 Å². The molecule has 0 bridgehead atoms. The lowest BCUT2D eigenvalue weighted by Crippen LogP contribution is -2.38. The first-order valence-electron chi connectivity index (χ1n) is 9.99. The Morgan fingerprint density at radius 3 is 2.86 bits per heavy atom. The minimum Gasteiger partial charge on any atom is -0.497 e. The SMILES string of the molecule is CCCc1nnc(NC(=O)C2CCN(c3ccnc4ccc(OC)cc34)CC2)s1. The summed E-state index contributed by atoms with van der Waals surface area (Å²) in [5, 5.41) is 13.8. The summed E-state index contributed by atoms with van der Waals surface area (Å²) in [6.07, 6.45) is 5.37. The van der Waals surface area contributed by atoms with Gasteiger partial charge in [-0.2, -0.15) is 0 Å². The highest BCUT2D eigenvalue weighted by Crippen LogP contribution is 2.32. The molecule has 0 atom stereocenters. The largest absolute Gasteiger partial charge is 0.497 e. The molecule has 3 heterocycles. The fraction of sp³-hybridized carbons (Fsp3) is 0.429. The van der Waals surface area contributed by atoms with Gasteiger partial charge in [-0.3, -0.25) is 9.78 Å². The molecule has 4 rings (SSSR count). The number of methoxy groups -OCH3 is 1. The number of pyridine rings is 1. The number of amides is 1. The first-order chi connectivity index (χ1) is 14.2. The first-order valence-corrected chi connectivity index (χ1v) is 10.8. The van der Waals surface area contributed by atoms with Crippen LogP contribution in [0.15, 0.2) is 30.5 Å². The van der Waals surface area contributed by atoms with Gasteiger partial charge in [-0.25, -0.2) is 0 Å². The van der Waals surface area contributed by atoms with Crippen molar-refractivity contribution in [1.82, 2.24) is 15.2 Å². The van der Waals surface area contributed by atoms with Gasteiger partial charge in [0, 0.05) is 42.7 Å². The number of ether oxygens (including phenoxy) is 1. The topological polar surface area (TPSA) is 80.2 Å². The van der Waals surface area contributed by atoms with Crippen molar-refractivity contribution >= 4 is 39.0 Å². The highest BCUT2D eigenvalue weighted by molar-refractivity contribution is 7.15. The summed E-state index contributed by atoms with van der Waals surface area (Å²) >= 11 is 1.47. The summed E-state index contributed by atoms with van der Waals surface area (Å²) in [6, 6.07) is 7.97. The molecule has 1 aromatic carbocycles. The Kier molecular flexibility index (Phi) is 5.89. The summed E-state index contributed by atoms with van der Waals surface area (Å²) in [4.78, 5) is 19.4. The minimum absolute atomic E-state index is 0.00703. The van der Waals surface area contributed by atoms with Crippen LogP contribution in [0.5, 0.6) is 5.75 Å². The van der Waals surface area contributed by atoms with Crippen LogP contribution in [0.25, 0.3) is 10.9 Å². The lowest BCUT2D eigenvalue weighted by molar-refractivity contribution is -0.120. The lowest BCUT2D eigenvalue weighted by Gasteiger charge is -2.33. The third kappa shape index (κ3) is 4.32. The number of carbonyl (C=O) groups is 1. The number of benzene rings is 1. The van der Waals surface area contributed by atoms with Gasteiger partial charge in [0.05, 0.1) is 12.6 Å². The third-order valence-electron chi connectivity index (χ3n) is 5.29. The monoisotopic (exact) mass is 411 g/mol. The smallest absolute Gasteiger partial charge is 0.229 e. The Morgan fingerprint density at radius 1 is 1.28 bits per heavy atom. The zero-order valence-electron chi connectivity index (χ0n) is 16.7. The third-order valence-corrected chi connectivity index (χ3v) is 6.19. The van der Waals surface area contributed by atoms with Crippen molar-refractivity contribution in [3.8, 4) is 5.75 Å². The number of anilines is 2. The number of fused-ring (bicyclic) bond motifs is 1. The van der Waals surface area contributed by atoms with Crippen LogP contribution in [-0.4, -0.2) is 41.3 Å². The second kappa shape index (κ2) is 8.73. The predicted octanol–water partition coefficient (Wildman–Crippen LogP) is 3.90. The number of hydrogen-bond donors (Lipinski definition) is 1. The first kappa shape index (κ1) is 19.6. The highest BCUT2D eigenvalue weighted by atomic mass is 32.1. The van der Waals surface area contributed by atoms with Crippen molar-refractivity contribution in [2.24, 2.45) is 5.92 Å². The molecule has 7 nitrogen and oxygen atoms in total. The summed E-state index contributed by atoms with van der Waals surface area (Å²) in [7, 11) is 1.67. The van der Waals surface area contributed by atoms with Crippen molar-refractivity contribution < 1.29 is 9.53 Å². The molecule has 0 saturated carbocycles. The quantitative estimate of drug-likeness (QED) is 0.663. The van der Waals surface area contributed by atoms with Gasteiger partial charge >= 0.3 is 0 Å². The number of nitrogens with one attached hydrogen (secondary N) is 1. The van der Waals surface area contributed by atoms with E-state index < -0.39 is 0 Å². The Hall–Kier alpha value is -2.74. The molecule has 1 amide bonds. The molecule has 3 aromatic rings. The molecule has 1 aliphatic heterocycles. The summed E-state index contributed by atoms with van der Waals surface area (Å²) in [5.74, 6) is 0.859. The van der Waals surface area contributed by atoms with Gasteiger partial charge < -0.3 is 15.0 Å². The fourth-order valence-electron chi connectivity index (χ4n) is 3.72. The number of nitrogens with zero attached hydrogens (tertiary/aromatic N) is 4. The molecule has 2 aromatic heterocycles. The Bertz CT molecular complexity index is 998. The Balaban J connectivity index is 1.41. The molecule has 8 heteroatoms. The molecule has 0 aliphatic carbocycles. The number of piperidine rings is 1. The number of rotatable bonds is 6. The molecule has 0 unspecified atom stereocenters.